The number of likely N-dealkylation sites (N-methyl/N-ethyl adjacent to an activating group) is 1. The molecule has 3 aromatic rings. The highest BCUT2D eigenvalue weighted by molar-refractivity contribution is 7.16. The average molecular weight is 531 g/mol. The Labute approximate surface area is 227 Å². The van der Waals surface area contributed by atoms with Crippen molar-refractivity contribution < 1.29 is 14.3 Å². The van der Waals surface area contributed by atoms with E-state index < -0.39 is 18.5 Å². The van der Waals surface area contributed by atoms with Crippen LogP contribution in [0.4, 0.5) is 5.00 Å². The number of carbonyl (C=O) groups is 2. The van der Waals surface area contributed by atoms with Gasteiger partial charge in [-0.15, -0.1) is 11.3 Å². The van der Waals surface area contributed by atoms with Gasteiger partial charge in [0.1, 0.15) is 11.1 Å². The van der Waals surface area contributed by atoms with E-state index in [4.69, 9.17) is 9.72 Å². The highest BCUT2D eigenvalue weighted by Crippen LogP contribution is 2.44. The molecule has 0 bridgehead atoms. The summed E-state index contributed by atoms with van der Waals surface area (Å²) in [5.41, 5.74) is 4.84. The average Bonchev–Trinajstić information content (AvgIpc) is 3.25. The van der Waals surface area contributed by atoms with E-state index in [-0.39, 0.29) is 5.41 Å². The molecule has 8 heteroatoms. The number of rotatable bonds is 5. The molecule has 198 valence electrons. The standard InChI is InChI=1S/C30H34N4O3S/c1-5-34-13-12-24-22(16-34)27(20-8-6-7-9-23(20)32-24)29(36)37-17-26(35)33-28-21(15-31)19-11-10-18(30(2,3)4)14-25(19)38-28/h6-9,18H,5,10-14,16-17H2,1-4H3,(H,33,35). The molecule has 2 aromatic heterocycles. The topological polar surface area (TPSA) is 95.3 Å². The fourth-order valence-corrected chi connectivity index (χ4v) is 6.94. The number of esters is 1. The molecular weight excluding hydrogens is 496 g/mol. The molecule has 1 aromatic carbocycles. The monoisotopic (exact) mass is 530 g/mol. The molecule has 7 nitrogen and oxygen atoms in total. The zero-order valence-electron chi connectivity index (χ0n) is 22.5. The summed E-state index contributed by atoms with van der Waals surface area (Å²) in [5.74, 6) is -0.426. The largest absolute Gasteiger partial charge is 0.452 e. The lowest BCUT2D eigenvalue weighted by molar-refractivity contribution is -0.119. The summed E-state index contributed by atoms with van der Waals surface area (Å²) in [7, 11) is 0. The smallest absolute Gasteiger partial charge is 0.339 e. The number of ether oxygens (including phenoxy) is 1. The number of nitrogens with one attached hydrogen (secondary N) is 1. The first-order valence-electron chi connectivity index (χ1n) is 13.3. The van der Waals surface area contributed by atoms with Crippen LogP contribution in [0.15, 0.2) is 24.3 Å². The van der Waals surface area contributed by atoms with E-state index in [1.165, 1.54) is 16.2 Å². The third-order valence-electron chi connectivity index (χ3n) is 7.97. The minimum absolute atomic E-state index is 0.191. The Balaban J connectivity index is 1.33. The van der Waals surface area contributed by atoms with Crippen molar-refractivity contribution in [2.24, 2.45) is 11.3 Å². The van der Waals surface area contributed by atoms with Crippen LogP contribution >= 0.6 is 11.3 Å². The van der Waals surface area contributed by atoms with Gasteiger partial charge in [0.15, 0.2) is 6.61 Å². The van der Waals surface area contributed by atoms with Crippen molar-refractivity contribution in [2.75, 3.05) is 25.0 Å². The molecule has 1 N–H and O–H groups in total. The molecule has 3 heterocycles. The lowest BCUT2D eigenvalue weighted by Crippen LogP contribution is -2.32. The number of carbonyl (C=O) groups excluding carboxylic acids is 2. The summed E-state index contributed by atoms with van der Waals surface area (Å²) in [6.45, 7) is 10.8. The van der Waals surface area contributed by atoms with Gasteiger partial charge in [-0.1, -0.05) is 45.9 Å². The summed E-state index contributed by atoms with van der Waals surface area (Å²) in [5, 5.41) is 14.0. The number of pyridine rings is 1. The van der Waals surface area contributed by atoms with Gasteiger partial charge in [-0.25, -0.2) is 4.79 Å². The summed E-state index contributed by atoms with van der Waals surface area (Å²) in [4.78, 5) is 34.5. The van der Waals surface area contributed by atoms with Crippen LogP contribution in [0.5, 0.6) is 0 Å². The molecule has 1 aliphatic heterocycles. The van der Waals surface area contributed by atoms with Gasteiger partial charge >= 0.3 is 5.97 Å². The molecule has 1 aliphatic carbocycles. The van der Waals surface area contributed by atoms with Crippen molar-refractivity contribution >= 4 is 39.1 Å². The van der Waals surface area contributed by atoms with Gasteiger partial charge in [0.2, 0.25) is 0 Å². The van der Waals surface area contributed by atoms with Crippen molar-refractivity contribution in [3.8, 4) is 6.07 Å². The molecule has 38 heavy (non-hydrogen) atoms. The lowest BCUT2D eigenvalue weighted by atomic mass is 9.72. The molecule has 5 rings (SSSR count). The third-order valence-corrected chi connectivity index (χ3v) is 9.14. The van der Waals surface area contributed by atoms with Gasteiger partial charge in [0.25, 0.3) is 5.91 Å². The van der Waals surface area contributed by atoms with Gasteiger partial charge in [-0.05, 0) is 48.8 Å². The van der Waals surface area contributed by atoms with Gasteiger partial charge in [-0.3, -0.25) is 14.7 Å². The highest BCUT2D eigenvalue weighted by atomic mass is 32.1. The van der Waals surface area contributed by atoms with Gasteiger partial charge in [-0.2, -0.15) is 5.26 Å². The van der Waals surface area contributed by atoms with E-state index in [1.807, 2.05) is 24.3 Å². The Morgan fingerprint density at radius 2 is 2.03 bits per heavy atom. The van der Waals surface area contributed by atoms with Crippen LogP contribution in [-0.4, -0.2) is 41.5 Å². The number of hydrogen-bond donors (Lipinski definition) is 1. The number of anilines is 1. The predicted molar refractivity (Wildman–Crippen MR) is 149 cm³/mol. The third kappa shape index (κ3) is 5.05. The lowest BCUT2D eigenvalue weighted by Gasteiger charge is -2.33. The van der Waals surface area contributed by atoms with Crippen molar-refractivity contribution in [3.05, 3.63) is 57.1 Å². The van der Waals surface area contributed by atoms with Gasteiger partial charge < -0.3 is 10.1 Å². The van der Waals surface area contributed by atoms with Gasteiger partial charge in [0, 0.05) is 41.0 Å². The molecule has 0 saturated carbocycles. The Kier molecular flexibility index (Phi) is 7.26. The minimum atomic E-state index is -0.521. The van der Waals surface area contributed by atoms with E-state index >= 15 is 0 Å². The fraction of sp³-hybridized carbons (Fsp3) is 0.467. The molecular formula is C30H34N4O3S. The van der Waals surface area contributed by atoms with Crippen LogP contribution in [0.1, 0.15) is 71.7 Å². The zero-order valence-corrected chi connectivity index (χ0v) is 23.3. The summed E-state index contributed by atoms with van der Waals surface area (Å²) >= 11 is 1.48. The second-order valence-electron chi connectivity index (χ2n) is 11.3. The van der Waals surface area contributed by atoms with Crippen LogP contribution in [0.3, 0.4) is 0 Å². The van der Waals surface area contributed by atoms with Crippen LogP contribution in [-0.2, 0) is 35.3 Å². The number of benzene rings is 1. The fourth-order valence-electron chi connectivity index (χ4n) is 5.65. The van der Waals surface area contributed by atoms with Crippen molar-refractivity contribution in [2.45, 2.75) is 59.9 Å². The van der Waals surface area contributed by atoms with E-state index in [0.29, 0.717) is 28.6 Å². The predicted octanol–water partition coefficient (Wildman–Crippen LogP) is 5.49. The maximum Gasteiger partial charge on any atom is 0.339 e. The number of hydrogen-bond acceptors (Lipinski definition) is 7. The van der Waals surface area contributed by atoms with Crippen LogP contribution in [0, 0.1) is 22.7 Å². The first-order valence-corrected chi connectivity index (χ1v) is 14.2. The summed E-state index contributed by atoms with van der Waals surface area (Å²) in [6, 6.07) is 9.86. The second-order valence-corrected chi connectivity index (χ2v) is 12.4. The zero-order chi connectivity index (χ0) is 27.0. The number of aromatic nitrogens is 1. The van der Waals surface area contributed by atoms with Crippen LogP contribution < -0.4 is 5.32 Å². The Morgan fingerprint density at radius 3 is 2.76 bits per heavy atom. The molecule has 0 saturated heterocycles. The number of nitrogens with zero attached hydrogens (tertiary/aromatic N) is 3. The number of amides is 1. The maximum atomic E-state index is 13.4. The Hall–Kier alpha value is -3.28. The van der Waals surface area contributed by atoms with E-state index in [1.54, 1.807) is 0 Å². The van der Waals surface area contributed by atoms with E-state index in [9.17, 15) is 14.9 Å². The second kappa shape index (κ2) is 10.5. The van der Waals surface area contributed by atoms with Gasteiger partial charge in [0.05, 0.1) is 16.6 Å². The minimum Gasteiger partial charge on any atom is -0.452 e. The van der Waals surface area contributed by atoms with E-state index in [0.717, 1.165) is 66.5 Å². The number of fused-ring (bicyclic) bond motifs is 3. The van der Waals surface area contributed by atoms with Crippen LogP contribution in [0.25, 0.3) is 10.9 Å². The highest BCUT2D eigenvalue weighted by Gasteiger charge is 2.33. The van der Waals surface area contributed by atoms with E-state index in [2.05, 4.69) is 44.0 Å². The normalized spacial score (nSPS) is 17.4. The number of thiophene rings is 1. The Bertz CT molecular complexity index is 1450. The Morgan fingerprint density at radius 1 is 1.24 bits per heavy atom. The molecule has 0 spiro atoms. The first kappa shape index (κ1) is 26.3. The summed E-state index contributed by atoms with van der Waals surface area (Å²) in [6.07, 6.45) is 3.56. The molecule has 2 aliphatic rings. The quantitative estimate of drug-likeness (QED) is 0.438. The molecule has 0 fully saturated rings. The number of nitriles is 1. The van der Waals surface area contributed by atoms with Crippen molar-refractivity contribution in [3.63, 3.8) is 0 Å². The SMILES string of the molecule is CCN1CCc2nc3ccccc3c(C(=O)OCC(=O)Nc3sc4c(c3C#N)CCC(C(C)(C)C)C4)c2C1. The van der Waals surface area contributed by atoms with Crippen LogP contribution in [0.2, 0.25) is 0 Å². The summed E-state index contributed by atoms with van der Waals surface area (Å²) < 4.78 is 5.57. The maximum absolute atomic E-state index is 13.4. The van der Waals surface area contributed by atoms with Crippen molar-refractivity contribution in [1.82, 2.24) is 9.88 Å². The van der Waals surface area contributed by atoms with Crippen molar-refractivity contribution in [1.29, 1.82) is 5.26 Å². The molecule has 1 unspecified atom stereocenters. The number of para-hydroxylation sites is 1. The molecule has 0 radical (unpaired) electrons. The molecule has 1 atom stereocenters. The molecule has 1 amide bonds. The first-order chi connectivity index (χ1) is 18.2.